The Morgan fingerprint density at radius 2 is 1.33 bits per heavy atom. The number of hydrogen-bond donors (Lipinski definition) is 0. The van der Waals surface area contributed by atoms with Gasteiger partial charge in [0.25, 0.3) is 0 Å². The number of rotatable bonds is 15. The Balaban J connectivity index is 2.35. The van der Waals surface area contributed by atoms with Crippen LogP contribution in [0.4, 0.5) is 17.6 Å². The van der Waals surface area contributed by atoms with E-state index < -0.39 is 40.7 Å². The molecule has 0 atom stereocenters. The van der Waals surface area contributed by atoms with Crippen LogP contribution in [0.15, 0.2) is 18.2 Å². The van der Waals surface area contributed by atoms with Crippen molar-refractivity contribution in [3.63, 3.8) is 0 Å². The van der Waals surface area contributed by atoms with Gasteiger partial charge in [0.2, 0.25) is 0 Å². The van der Waals surface area contributed by atoms with E-state index in [0.717, 1.165) is 31.4 Å². The summed E-state index contributed by atoms with van der Waals surface area (Å²) in [5, 5.41) is 0. The summed E-state index contributed by atoms with van der Waals surface area (Å²) in [6.07, 6.45) is 7.62. The van der Waals surface area contributed by atoms with Gasteiger partial charge in [0, 0.05) is 0 Å². The number of carbonyl (C=O) groups excluding carboxylic acids is 2. The lowest BCUT2D eigenvalue weighted by atomic mass is 9.94. The van der Waals surface area contributed by atoms with E-state index in [2.05, 4.69) is 6.92 Å². The number of ether oxygens (including phenoxy) is 2. The zero-order valence-electron chi connectivity index (χ0n) is 19.9. The van der Waals surface area contributed by atoms with E-state index in [1.807, 2.05) is 0 Å². The molecule has 0 aliphatic rings. The van der Waals surface area contributed by atoms with Crippen LogP contribution < -0.4 is 4.74 Å². The molecule has 0 saturated heterocycles. The molecule has 0 radical (unpaired) electrons. The van der Waals surface area contributed by atoms with Gasteiger partial charge in [-0.25, -0.2) is 4.39 Å². The van der Waals surface area contributed by atoms with Gasteiger partial charge >= 0.3 is 18.1 Å². The predicted octanol–water partition coefficient (Wildman–Crippen LogP) is 7.63. The molecule has 4 nitrogen and oxygen atoms in total. The predicted molar refractivity (Wildman–Crippen MR) is 118 cm³/mol. The number of alkyl halides is 3. The van der Waals surface area contributed by atoms with E-state index in [1.165, 1.54) is 58.8 Å². The van der Waals surface area contributed by atoms with Crippen molar-refractivity contribution in [1.82, 2.24) is 0 Å². The molecule has 33 heavy (non-hydrogen) atoms. The van der Waals surface area contributed by atoms with Crippen LogP contribution in [-0.4, -0.2) is 18.5 Å². The molecule has 0 saturated carbocycles. The number of hydrogen-bond acceptors (Lipinski definition) is 4. The third kappa shape index (κ3) is 10.1. The Kier molecular flexibility index (Phi) is 12.4. The number of benzene rings is 1. The number of carbonyl (C=O) groups is 2. The molecular weight excluding hydrogens is 440 g/mol. The molecule has 0 fully saturated rings. The summed E-state index contributed by atoms with van der Waals surface area (Å²) in [4.78, 5) is 24.6. The van der Waals surface area contributed by atoms with Gasteiger partial charge in [0.15, 0.2) is 17.0 Å². The van der Waals surface area contributed by atoms with Crippen LogP contribution in [0.5, 0.6) is 5.75 Å². The normalized spacial score (nSPS) is 12.0. The van der Waals surface area contributed by atoms with Gasteiger partial charge in [-0.2, -0.15) is 13.2 Å². The quantitative estimate of drug-likeness (QED) is 0.0858. The molecule has 0 bridgehead atoms. The average Bonchev–Trinajstić information content (AvgIpc) is 2.74. The Morgan fingerprint density at radius 1 is 0.818 bits per heavy atom. The van der Waals surface area contributed by atoms with Crippen molar-refractivity contribution in [3.05, 3.63) is 29.6 Å². The smallest absolute Gasteiger partial charge is 0.419 e. The van der Waals surface area contributed by atoms with Crippen molar-refractivity contribution >= 4 is 11.9 Å². The fourth-order valence-electron chi connectivity index (χ4n) is 3.23. The highest BCUT2D eigenvalue weighted by molar-refractivity contribution is 5.99. The lowest BCUT2D eigenvalue weighted by Gasteiger charge is -2.21. The first-order valence-corrected chi connectivity index (χ1v) is 11.8. The molecule has 0 heterocycles. The zero-order chi connectivity index (χ0) is 24.9. The van der Waals surface area contributed by atoms with Gasteiger partial charge in [-0.3, -0.25) is 9.59 Å². The lowest BCUT2D eigenvalue weighted by Crippen LogP contribution is -2.38. The monoisotopic (exact) mass is 476 g/mol. The van der Waals surface area contributed by atoms with Crippen molar-refractivity contribution in [3.8, 4) is 5.75 Å². The van der Waals surface area contributed by atoms with E-state index >= 15 is 0 Å². The van der Waals surface area contributed by atoms with Gasteiger partial charge in [-0.15, -0.1) is 0 Å². The highest BCUT2D eigenvalue weighted by Crippen LogP contribution is 2.35. The number of esters is 2. The second-order valence-corrected chi connectivity index (χ2v) is 8.80. The Hall–Kier alpha value is -2.12. The standard InChI is InChI=1S/C25H36F4O4/c1-4-5-6-7-8-9-10-11-12-13-14-18-32-22(30)24(2,3)23(31)33-20-17-15-16-19(21(20)26)25(27,28)29/h15-17H,4-14,18H2,1-3H3. The second-order valence-electron chi connectivity index (χ2n) is 8.80. The van der Waals surface area contributed by atoms with Crippen molar-refractivity contribution in [2.24, 2.45) is 5.41 Å². The number of halogens is 4. The summed E-state index contributed by atoms with van der Waals surface area (Å²) < 4.78 is 62.4. The van der Waals surface area contributed by atoms with Crippen molar-refractivity contribution in [2.75, 3.05) is 6.61 Å². The summed E-state index contributed by atoms with van der Waals surface area (Å²) in [5.74, 6) is -4.65. The fourth-order valence-corrected chi connectivity index (χ4v) is 3.23. The molecule has 1 aromatic rings. The van der Waals surface area contributed by atoms with Crippen LogP contribution in [0.25, 0.3) is 0 Å². The second kappa shape index (κ2) is 14.2. The Labute approximate surface area is 194 Å². The Bertz CT molecular complexity index is 744. The molecular formula is C25H36F4O4. The molecule has 1 aromatic carbocycles. The summed E-state index contributed by atoms with van der Waals surface area (Å²) in [6.45, 7) is 4.78. The summed E-state index contributed by atoms with van der Waals surface area (Å²) >= 11 is 0. The van der Waals surface area contributed by atoms with E-state index in [1.54, 1.807) is 0 Å². The van der Waals surface area contributed by atoms with Crippen LogP contribution in [0.3, 0.4) is 0 Å². The van der Waals surface area contributed by atoms with E-state index in [4.69, 9.17) is 9.47 Å². The van der Waals surface area contributed by atoms with Crippen LogP contribution >= 0.6 is 0 Å². The van der Waals surface area contributed by atoms with Crippen LogP contribution in [0.1, 0.15) is 97.0 Å². The molecule has 1 rings (SSSR count). The fraction of sp³-hybridized carbons (Fsp3) is 0.680. The largest absolute Gasteiger partial charge is 0.465 e. The molecule has 0 aromatic heterocycles. The first-order valence-electron chi connectivity index (χ1n) is 11.8. The maximum Gasteiger partial charge on any atom is 0.419 e. The zero-order valence-corrected chi connectivity index (χ0v) is 19.9. The SMILES string of the molecule is CCCCCCCCCCCCCOC(=O)C(C)(C)C(=O)Oc1cccc(C(F)(F)F)c1F. The minimum Gasteiger partial charge on any atom is -0.465 e. The Morgan fingerprint density at radius 3 is 1.85 bits per heavy atom. The molecule has 0 amide bonds. The maximum atomic E-state index is 14.1. The van der Waals surface area contributed by atoms with Gasteiger partial charge in [0.1, 0.15) is 0 Å². The van der Waals surface area contributed by atoms with E-state index in [9.17, 15) is 27.2 Å². The van der Waals surface area contributed by atoms with Crippen molar-refractivity contribution in [1.29, 1.82) is 0 Å². The molecule has 8 heteroatoms. The minimum absolute atomic E-state index is 0.129. The third-order valence-electron chi connectivity index (χ3n) is 5.47. The van der Waals surface area contributed by atoms with Gasteiger partial charge in [0.05, 0.1) is 12.2 Å². The maximum absolute atomic E-state index is 14.1. The van der Waals surface area contributed by atoms with Gasteiger partial charge < -0.3 is 9.47 Å². The first kappa shape index (κ1) is 28.9. The lowest BCUT2D eigenvalue weighted by molar-refractivity contribution is -0.165. The highest BCUT2D eigenvalue weighted by atomic mass is 19.4. The van der Waals surface area contributed by atoms with E-state index in [0.29, 0.717) is 12.5 Å². The molecule has 0 unspecified atom stereocenters. The molecule has 0 aliphatic carbocycles. The first-order chi connectivity index (χ1) is 15.5. The molecule has 0 spiro atoms. The average molecular weight is 477 g/mol. The molecule has 0 aliphatic heterocycles. The van der Waals surface area contributed by atoms with Crippen molar-refractivity contribution in [2.45, 2.75) is 97.6 Å². The van der Waals surface area contributed by atoms with Crippen LogP contribution in [-0.2, 0) is 20.5 Å². The summed E-state index contributed by atoms with van der Waals surface area (Å²) in [6, 6.07) is 2.36. The van der Waals surface area contributed by atoms with Crippen LogP contribution in [0, 0.1) is 11.2 Å². The highest BCUT2D eigenvalue weighted by Gasteiger charge is 2.41. The van der Waals surface area contributed by atoms with Crippen LogP contribution in [0.2, 0.25) is 0 Å². The molecule has 0 N–H and O–H groups in total. The topological polar surface area (TPSA) is 52.6 Å². The van der Waals surface area contributed by atoms with Crippen molar-refractivity contribution < 1.29 is 36.6 Å². The summed E-state index contributed by atoms with van der Waals surface area (Å²) in [7, 11) is 0. The van der Waals surface area contributed by atoms with Gasteiger partial charge in [-0.05, 0) is 32.4 Å². The third-order valence-corrected chi connectivity index (χ3v) is 5.47. The molecule has 188 valence electrons. The van der Waals surface area contributed by atoms with Gasteiger partial charge in [-0.1, -0.05) is 77.2 Å². The van der Waals surface area contributed by atoms with E-state index in [-0.39, 0.29) is 6.61 Å². The summed E-state index contributed by atoms with van der Waals surface area (Å²) in [5.41, 5.74) is -3.34. The minimum atomic E-state index is -4.93. The number of unbranched alkanes of at least 4 members (excludes halogenated alkanes) is 10.